The number of likely N-dealkylation sites (tertiary alicyclic amines) is 1. The highest BCUT2D eigenvalue weighted by molar-refractivity contribution is 6.30. The van der Waals surface area contributed by atoms with E-state index < -0.39 is 23.6 Å². The number of carbonyl (C=O) groups is 2. The van der Waals surface area contributed by atoms with Crippen molar-refractivity contribution in [3.63, 3.8) is 0 Å². The van der Waals surface area contributed by atoms with Crippen LogP contribution in [0.2, 0.25) is 5.02 Å². The number of halogens is 4. The van der Waals surface area contributed by atoms with E-state index in [0.29, 0.717) is 13.1 Å². The van der Waals surface area contributed by atoms with Gasteiger partial charge >= 0.3 is 6.18 Å². The largest absolute Gasteiger partial charge is 0.418 e. The number of rotatable bonds is 5. The van der Waals surface area contributed by atoms with Gasteiger partial charge < -0.3 is 15.1 Å². The third-order valence-electron chi connectivity index (χ3n) is 3.95. The summed E-state index contributed by atoms with van der Waals surface area (Å²) in [5.41, 5.74) is -1.37. The monoisotopic (exact) mass is 377 g/mol. The minimum Gasteiger partial charge on any atom is -0.341 e. The number of carbonyl (C=O) groups excluding carboxylic acids is 2. The van der Waals surface area contributed by atoms with Crippen molar-refractivity contribution in [2.24, 2.45) is 5.92 Å². The molecule has 0 saturated carbocycles. The standard InChI is InChI=1S/C16H19ClF3N3O2/c1-22(2)5-6-23-9-10(7-14(23)24)15(25)21-13-4-3-11(17)8-12(13)16(18,19)20/h3-4,8,10H,5-7,9H2,1-2H3,(H,21,25). The van der Waals surface area contributed by atoms with E-state index in [1.165, 1.54) is 6.07 Å². The van der Waals surface area contributed by atoms with Crippen LogP contribution < -0.4 is 5.32 Å². The number of hydrogen-bond donors (Lipinski definition) is 1. The van der Waals surface area contributed by atoms with E-state index in [1.54, 1.807) is 4.90 Å². The summed E-state index contributed by atoms with van der Waals surface area (Å²) in [4.78, 5) is 27.7. The predicted molar refractivity (Wildman–Crippen MR) is 88.3 cm³/mol. The fraction of sp³-hybridized carbons (Fsp3) is 0.500. The number of nitrogens with one attached hydrogen (secondary N) is 1. The second kappa shape index (κ2) is 7.61. The molecule has 25 heavy (non-hydrogen) atoms. The van der Waals surface area contributed by atoms with Crippen molar-refractivity contribution < 1.29 is 22.8 Å². The zero-order valence-electron chi connectivity index (χ0n) is 13.9. The van der Waals surface area contributed by atoms with Crippen molar-refractivity contribution >= 4 is 29.1 Å². The maximum absolute atomic E-state index is 13.1. The summed E-state index contributed by atoms with van der Waals surface area (Å²) in [6.07, 6.45) is -4.65. The van der Waals surface area contributed by atoms with Gasteiger partial charge in [0.05, 0.1) is 17.2 Å². The molecule has 1 atom stereocenters. The fourth-order valence-electron chi connectivity index (χ4n) is 2.58. The molecule has 1 fully saturated rings. The Labute approximate surface area is 148 Å². The Morgan fingerprint density at radius 1 is 1.40 bits per heavy atom. The molecule has 138 valence electrons. The molecule has 2 amide bonds. The summed E-state index contributed by atoms with van der Waals surface area (Å²) in [6, 6.07) is 3.15. The molecule has 1 heterocycles. The molecule has 1 aromatic carbocycles. The summed E-state index contributed by atoms with van der Waals surface area (Å²) in [7, 11) is 3.73. The van der Waals surface area contributed by atoms with E-state index in [1.807, 2.05) is 19.0 Å². The first-order chi connectivity index (χ1) is 11.6. The first-order valence-electron chi connectivity index (χ1n) is 7.68. The highest BCUT2D eigenvalue weighted by atomic mass is 35.5. The average molecular weight is 378 g/mol. The SMILES string of the molecule is CN(C)CCN1CC(C(=O)Nc2ccc(Cl)cc2C(F)(F)F)CC1=O. The first kappa shape index (κ1) is 19.5. The molecule has 1 saturated heterocycles. The number of amides is 2. The van der Waals surface area contributed by atoms with Crippen molar-refractivity contribution in [2.45, 2.75) is 12.6 Å². The zero-order chi connectivity index (χ0) is 18.8. The van der Waals surface area contributed by atoms with Gasteiger partial charge in [-0.25, -0.2) is 0 Å². The van der Waals surface area contributed by atoms with E-state index in [0.717, 1.165) is 12.1 Å². The summed E-state index contributed by atoms with van der Waals surface area (Å²) in [5.74, 6) is -1.45. The van der Waals surface area contributed by atoms with Gasteiger partial charge in [-0.05, 0) is 32.3 Å². The molecule has 1 N–H and O–H groups in total. The second-order valence-corrected chi connectivity index (χ2v) is 6.66. The van der Waals surface area contributed by atoms with E-state index in [-0.39, 0.29) is 29.6 Å². The highest BCUT2D eigenvalue weighted by Gasteiger charge is 2.37. The summed E-state index contributed by atoms with van der Waals surface area (Å²) >= 11 is 5.62. The van der Waals surface area contributed by atoms with E-state index in [4.69, 9.17) is 11.6 Å². The van der Waals surface area contributed by atoms with Gasteiger partial charge in [-0.15, -0.1) is 0 Å². The lowest BCUT2D eigenvalue weighted by molar-refractivity contribution is -0.137. The maximum atomic E-state index is 13.1. The third kappa shape index (κ3) is 5.09. The minimum atomic E-state index is -4.64. The average Bonchev–Trinajstić information content (AvgIpc) is 2.87. The van der Waals surface area contributed by atoms with Crippen LogP contribution in [0.15, 0.2) is 18.2 Å². The lowest BCUT2D eigenvalue weighted by Gasteiger charge is -2.19. The van der Waals surface area contributed by atoms with Crippen LogP contribution in [0.4, 0.5) is 18.9 Å². The fourth-order valence-corrected chi connectivity index (χ4v) is 2.75. The molecule has 0 aliphatic carbocycles. The van der Waals surface area contributed by atoms with Gasteiger partial charge in [0, 0.05) is 31.1 Å². The molecule has 2 rings (SSSR count). The molecule has 1 unspecified atom stereocenters. The predicted octanol–water partition coefficient (Wildman–Crippen LogP) is 2.71. The Bertz CT molecular complexity index is 665. The molecule has 0 radical (unpaired) electrons. The number of benzene rings is 1. The topological polar surface area (TPSA) is 52.6 Å². The summed E-state index contributed by atoms with van der Waals surface area (Å²) < 4.78 is 39.2. The van der Waals surface area contributed by atoms with Crippen molar-refractivity contribution in [1.29, 1.82) is 0 Å². The molecule has 1 aliphatic rings. The Kier molecular flexibility index (Phi) is 5.95. The lowest BCUT2D eigenvalue weighted by atomic mass is 10.1. The quantitative estimate of drug-likeness (QED) is 0.858. The van der Waals surface area contributed by atoms with Crippen molar-refractivity contribution in [1.82, 2.24) is 9.80 Å². The number of anilines is 1. The van der Waals surface area contributed by atoms with E-state index in [9.17, 15) is 22.8 Å². The normalized spacial score (nSPS) is 18.1. The Morgan fingerprint density at radius 3 is 2.68 bits per heavy atom. The smallest absolute Gasteiger partial charge is 0.341 e. The van der Waals surface area contributed by atoms with Crippen LogP contribution in [-0.4, -0.2) is 55.3 Å². The van der Waals surface area contributed by atoms with Crippen LogP contribution in [0.25, 0.3) is 0 Å². The molecule has 1 aromatic rings. The molecular formula is C16H19ClF3N3O2. The Balaban J connectivity index is 2.07. The molecule has 0 bridgehead atoms. The first-order valence-corrected chi connectivity index (χ1v) is 8.06. The van der Waals surface area contributed by atoms with Gasteiger partial charge in [-0.1, -0.05) is 11.6 Å². The van der Waals surface area contributed by atoms with Crippen LogP contribution >= 0.6 is 11.6 Å². The van der Waals surface area contributed by atoms with Crippen LogP contribution in [0.5, 0.6) is 0 Å². The molecule has 0 spiro atoms. The van der Waals surface area contributed by atoms with E-state index in [2.05, 4.69) is 5.32 Å². The summed E-state index contributed by atoms with van der Waals surface area (Å²) in [6.45, 7) is 1.33. The molecule has 9 heteroatoms. The van der Waals surface area contributed by atoms with Gasteiger partial charge in [-0.2, -0.15) is 13.2 Å². The number of alkyl halides is 3. The van der Waals surface area contributed by atoms with Gasteiger partial charge in [0.2, 0.25) is 11.8 Å². The van der Waals surface area contributed by atoms with Crippen LogP contribution in [0.3, 0.4) is 0 Å². The number of hydrogen-bond acceptors (Lipinski definition) is 3. The second-order valence-electron chi connectivity index (χ2n) is 6.22. The third-order valence-corrected chi connectivity index (χ3v) is 4.18. The van der Waals surface area contributed by atoms with Crippen LogP contribution in [0.1, 0.15) is 12.0 Å². The van der Waals surface area contributed by atoms with Gasteiger partial charge in [0.15, 0.2) is 0 Å². The highest BCUT2D eigenvalue weighted by Crippen LogP contribution is 2.36. The van der Waals surface area contributed by atoms with E-state index >= 15 is 0 Å². The van der Waals surface area contributed by atoms with Crippen molar-refractivity contribution in [3.8, 4) is 0 Å². The summed E-state index contributed by atoms with van der Waals surface area (Å²) in [5, 5.41) is 2.21. The number of nitrogens with zero attached hydrogens (tertiary/aromatic N) is 2. The molecule has 5 nitrogen and oxygen atoms in total. The molecule has 1 aliphatic heterocycles. The van der Waals surface area contributed by atoms with Gasteiger partial charge in [0.25, 0.3) is 0 Å². The zero-order valence-corrected chi connectivity index (χ0v) is 14.6. The molecule has 0 aromatic heterocycles. The van der Waals surface area contributed by atoms with Gasteiger partial charge in [-0.3, -0.25) is 9.59 Å². The lowest BCUT2D eigenvalue weighted by Crippen LogP contribution is -2.34. The van der Waals surface area contributed by atoms with Crippen LogP contribution in [-0.2, 0) is 15.8 Å². The Hall–Kier alpha value is -1.80. The Morgan fingerprint density at radius 2 is 2.08 bits per heavy atom. The maximum Gasteiger partial charge on any atom is 0.418 e. The van der Waals surface area contributed by atoms with Crippen LogP contribution in [0, 0.1) is 5.92 Å². The minimum absolute atomic E-state index is 0.00575. The van der Waals surface area contributed by atoms with Crippen molar-refractivity contribution in [2.75, 3.05) is 39.0 Å². The molecular weight excluding hydrogens is 359 g/mol. The number of likely N-dealkylation sites (N-methyl/N-ethyl adjacent to an activating group) is 1. The van der Waals surface area contributed by atoms with Crippen molar-refractivity contribution in [3.05, 3.63) is 28.8 Å². The van der Waals surface area contributed by atoms with Gasteiger partial charge in [0.1, 0.15) is 0 Å².